The molecule has 2 atom stereocenters. The third kappa shape index (κ3) is 7.14. The highest BCUT2D eigenvalue weighted by molar-refractivity contribution is 6.30. The van der Waals surface area contributed by atoms with E-state index >= 15 is 0 Å². The van der Waals surface area contributed by atoms with E-state index in [-0.39, 0.29) is 48.5 Å². The summed E-state index contributed by atoms with van der Waals surface area (Å²) in [5.41, 5.74) is -0.0290. The molecule has 0 spiro atoms. The van der Waals surface area contributed by atoms with Crippen molar-refractivity contribution in [3.8, 4) is 0 Å². The van der Waals surface area contributed by atoms with E-state index in [4.69, 9.17) is 21.1 Å². The van der Waals surface area contributed by atoms with E-state index in [0.717, 1.165) is 12.1 Å². The lowest BCUT2D eigenvalue weighted by Gasteiger charge is -2.47. The van der Waals surface area contributed by atoms with Gasteiger partial charge in [-0.05, 0) is 63.3 Å². The predicted molar refractivity (Wildman–Crippen MR) is 148 cm³/mol. The summed E-state index contributed by atoms with van der Waals surface area (Å²) in [6.45, 7) is 8.28. The number of aromatic nitrogens is 2. The molecule has 2 fully saturated rings. The van der Waals surface area contributed by atoms with Crippen LogP contribution in [0.4, 0.5) is 34.4 Å². The van der Waals surface area contributed by atoms with Crippen molar-refractivity contribution < 1.29 is 32.2 Å². The molecular formula is C28H35ClF3N5O4. The number of hydrogen-bond donors (Lipinski definition) is 0. The van der Waals surface area contributed by atoms with Gasteiger partial charge in [-0.3, -0.25) is 4.90 Å². The zero-order valence-corrected chi connectivity index (χ0v) is 24.3. The molecule has 1 aromatic carbocycles. The molecule has 0 saturated carbocycles. The molecule has 41 heavy (non-hydrogen) atoms. The Bertz CT molecular complexity index is 1220. The summed E-state index contributed by atoms with van der Waals surface area (Å²) in [4.78, 5) is 39.2. The van der Waals surface area contributed by atoms with Crippen molar-refractivity contribution in [2.24, 2.45) is 0 Å². The third-order valence-corrected chi connectivity index (χ3v) is 7.62. The molecule has 2 aliphatic rings. The van der Waals surface area contributed by atoms with Gasteiger partial charge in [0.05, 0.1) is 36.3 Å². The number of carbonyl (C=O) groups is 2. The average molecular weight is 598 g/mol. The Balaban J connectivity index is 1.70. The van der Waals surface area contributed by atoms with Crippen molar-refractivity contribution in [2.75, 3.05) is 23.0 Å². The first-order valence-electron chi connectivity index (χ1n) is 13.8. The number of alkyl halides is 3. The minimum absolute atomic E-state index is 0.0253. The number of hydrogen-bond acceptors (Lipinski definition) is 7. The molecule has 9 nitrogen and oxygen atoms in total. The Hall–Kier alpha value is -3.28. The minimum atomic E-state index is -4.56. The number of amides is 2. The first kappa shape index (κ1) is 30.7. The number of likely N-dealkylation sites (tertiary alicyclic amines) is 1. The molecule has 224 valence electrons. The molecule has 0 bridgehead atoms. The monoisotopic (exact) mass is 597 g/mol. The molecule has 0 N–H and O–H groups in total. The summed E-state index contributed by atoms with van der Waals surface area (Å²) < 4.78 is 51.3. The predicted octanol–water partition coefficient (Wildman–Crippen LogP) is 6.68. The van der Waals surface area contributed by atoms with Crippen LogP contribution in [-0.4, -0.2) is 64.4 Å². The van der Waals surface area contributed by atoms with Crippen LogP contribution in [0.3, 0.4) is 0 Å². The first-order valence-corrected chi connectivity index (χ1v) is 14.2. The molecule has 13 heteroatoms. The van der Waals surface area contributed by atoms with Crippen molar-refractivity contribution in [3.05, 3.63) is 46.7 Å². The Morgan fingerprint density at radius 2 is 1.78 bits per heavy atom. The van der Waals surface area contributed by atoms with Crippen LogP contribution >= 0.6 is 11.6 Å². The molecule has 2 unspecified atom stereocenters. The van der Waals surface area contributed by atoms with Crippen molar-refractivity contribution in [3.63, 3.8) is 0 Å². The van der Waals surface area contributed by atoms with E-state index in [1.165, 1.54) is 23.4 Å². The van der Waals surface area contributed by atoms with E-state index in [2.05, 4.69) is 9.97 Å². The van der Waals surface area contributed by atoms with Gasteiger partial charge in [0.25, 0.3) is 0 Å². The fourth-order valence-corrected chi connectivity index (χ4v) is 5.74. The van der Waals surface area contributed by atoms with Gasteiger partial charge in [-0.25, -0.2) is 19.6 Å². The van der Waals surface area contributed by atoms with Crippen molar-refractivity contribution in [2.45, 2.75) is 90.3 Å². The molecule has 3 heterocycles. The van der Waals surface area contributed by atoms with Crippen molar-refractivity contribution in [1.82, 2.24) is 14.9 Å². The minimum Gasteiger partial charge on any atom is -0.447 e. The first-order chi connectivity index (χ1) is 19.4. The highest BCUT2D eigenvalue weighted by Crippen LogP contribution is 2.36. The van der Waals surface area contributed by atoms with Crippen LogP contribution in [-0.2, 0) is 22.2 Å². The van der Waals surface area contributed by atoms with Crippen molar-refractivity contribution in [1.29, 1.82) is 0 Å². The Labute approximate surface area is 242 Å². The number of nitrogens with zero attached hydrogens (tertiary/aromatic N) is 5. The number of halogens is 4. The smallest absolute Gasteiger partial charge is 0.416 e. The molecule has 2 saturated heterocycles. The van der Waals surface area contributed by atoms with E-state index in [0.29, 0.717) is 49.4 Å². The quantitative estimate of drug-likeness (QED) is 0.335. The lowest BCUT2D eigenvalue weighted by atomic mass is 9.87. The summed E-state index contributed by atoms with van der Waals surface area (Å²) in [6, 6.07) is 2.96. The van der Waals surface area contributed by atoms with Gasteiger partial charge in [-0.15, -0.1) is 0 Å². The van der Waals surface area contributed by atoms with Crippen molar-refractivity contribution >= 4 is 35.4 Å². The maximum atomic E-state index is 13.6. The lowest BCUT2D eigenvalue weighted by molar-refractivity contribution is -0.137. The summed E-state index contributed by atoms with van der Waals surface area (Å²) in [5, 5.41) is -0.0253. The second-order valence-corrected chi connectivity index (χ2v) is 11.0. The molecule has 0 aliphatic carbocycles. The topological polar surface area (TPSA) is 88.1 Å². The van der Waals surface area contributed by atoms with Gasteiger partial charge in [-0.1, -0.05) is 25.4 Å². The highest BCUT2D eigenvalue weighted by Gasteiger charge is 2.41. The van der Waals surface area contributed by atoms with Gasteiger partial charge < -0.3 is 19.3 Å². The van der Waals surface area contributed by atoms with E-state index in [1.54, 1.807) is 18.7 Å². The number of ether oxygens (including phenoxy) is 2. The maximum absolute atomic E-state index is 13.6. The largest absolute Gasteiger partial charge is 0.447 e. The van der Waals surface area contributed by atoms with Crippen LogP contribution in [0, 0.1) is 0 Å². The molecule has 1 aromatic heterocycles. The van der Waals surface area contributed by atoms with E-state index in [9.17, 15) is 22.8 Å². The number of piperidine rings is 1. The third-order valence-electron chi connectivity index (χ3n) is 7.40. The number of benzene rings is 1. The molecule has 2 aromatic rings. The molecular weight excluding hydrogens is 563 g/mol. The second kappa shape index (κ2) is 12.7. The fourth-order valence-electron chi connectivity index (χ4n) is 5.49. The number of rotatable bonds is 8. The van der Waals surface area contributed by atoms with Gasteiger partial charge in [0, 0.05) is 29.7 Å². The Morgan fingerprint density at radius 1 is 1.15 bits per heavy atom. The Kier molecular flexibility index (Phi) is 9.51. The maximum Gasteiger partial charge on any atom is 0.416 e. The van der Waals surface area contributed by atoms with Gasteiger partial charge in [0.2, 0.25) is 5.95 Å². The van der Waals surface area contributed by atoms with Gasteiger partial charge in [-0.2, -0.15) is 13.2 Å². The average Bonchev–Trinajstić information content (AvgIpc) is 3.35. The molecule has 0 radical (unpaired) electrons. The van der Waals surface area contributed by atoms with Crippen LogP contribution in [0.5, 0.6) is 0 Å². The summed E-state index contributed by atoms with van der Waals surface area (Å²) in [5.74, 6) is 0.294. The van der Waals surface area contributed by atoms with Crippen LogP contribution in [0.1, 0.15) is 64.5 Å². The van der Waals surface area contributed by atoms with E-state index < -0.39 is 17.8 Å². The van der Waals surface area contributed by atoms with Crippen LogP contribution < -0.4 is 9.80 Å². The van der Waals surface area contributed by atoms with Gasteiger partial charge in [0.1, 0.15) is 6.61 Å². The van der Waals surface area contributed by atoms with Gasteiger partial charge >= 0.3 is 18.4 Å². The molecule has 4 rings (SSSR count). The fraction of sp³-hybridized carbons (Fsp3) is 0.571. The molecule has 2 amide bonds. The number of carbonyl (C=O) groups excluding carboxylic acids is 2. The normalized spacial score (nSPS) is 21.3. The zero-order chi connectivity index (χ0) is 29.9. The lowest BCUT2D eigenvalue weighted by Crippen LogP contribution is -2.57. The summed E-state index contributed by atoms with van der Waals surface area (Å²) >= 11 is 6.11. The number of cyclic esters (lactones) is 1. The van der Waals surface area contributed by atoms with E-state index in [1.807, 2.05) is 18.7 Å². The van der Waals surface area contributed by atoms with Crippen LogP contribution in [0.15, 0.2) is 30.6 Å². The number of anilines is 2. The standard InChI is InChI=1S/C28H35ClF3N5O4/c1-5-21-12-23(13-22(6-2)37(21)27(39)41-17(3)4)36(16-18-9-19(28(30,31)32)11-20(29)10-18)25-33-14-24(15-34-25)35-7-8-40-26(35)38/h9-11,14-15,17,21-23H,5-8,12-13,16H2,1-4H3. The van der Waals surface area contributed by atoms with Gasteiger partial charge in [0.15, 0.2) is 0 Å². The summed E-state index contributed by atoms with van der Waals surface area (Å²) in [7, 11) is 0. The van der Waals surface area contributed by atoms with Crippen LogP contribution in [0.2, 0.25) is 5.02 Å². The SMILES string of the molecule is CCC1CC(N(Cc2cc(Cl)cc(C(F)(F)F)c2)c2ncc(N3CCOC3=O)cn2)CC(CC)N1C(=O)OC(C)C. The molecule has 2 aliphatic heterocycles. The summed E-state index contributed by atoms with van der Waals surface area (Å²) in [6.07, 6.45) is -0.267. The highest BCUT2D eigenvalue weighted by atomic mass is 35.5. The zero-order valence-electron chi connectivity index (χ0n) is 23.5. The Morgan fingerprint density at radius 3 is 2.29 bits per heavy atom. The van der Waals surface area contributed by atoms with Crippen LogP contribution in [0.25, 0.3) is 0 Å². The second-order valence-electron chi connectivity index (χ2n) is 10.6.